The molecule has 3 rings (SSSR count). The summed E-state index contributed by atoms with van der Waals surface area (Å²) in [6, 6.07) is 5.05. The van der Waals surface area contributed by atoms with Crippen molar-refractivity contribution in [2.75, 3.05) is 11.9 Å². The van der Waals surface area contributed by atoms with Crippen LogP contribution in [0.3, 0.4) is 0 Å². The molecule has 0 unspecified atom stereocenters. The number of ether oxygens (including phenoxy) is 1. The van der Waals surface area contributed by atoms with Crippen molar-refractivity contribution in [3.05, 3.63) is 28.7 Å². The maximum Gasteiger partial charge on any atom is 0.419 e. The molecule has 0 aliphatic carbocycles. The Bertz CT molecular complexity index is 733. The minimum atomic E-state index is -0.470. The van der Waals surface area contributed by atoms with Crippen molar-refractivity contribution >= 4 is 22.7 Å². The van der Waals surface area contributed by atoms with Crippen molar-refractivity contribution in [3.63, 3.8) is 0 Å². The van der Waals surface area contributed by atoms with E-state index in [2.05, 4.69) is 5.32 Å². The molecule has 7 nitrogen and oxygen atoms in total. The zero-order valence-corrected chi connectivity index (χ0v) is 11.7. The lowest BCUT2D eigenvalue weighted by atomic mass is 10.2. The monoisotopic (exact) mass is 291 g/mol. The Morgan fingerprint density at radius 1 is 1.48 bits per heavy atom. The molecule has 1 aromatic carbocycles. The van der Waals surface area contributed by atoms with Gasteiger partial charge in [-0.1, -0.05) is 0 Å². The highest BCUT2D eigenvalue weighted by molar-refractivity contribution is 5.95. The summed E-state index contributed by atoms with van der Waals surface area (Å²) in [5.41, 5.74) is 7.25. The van der Waals surface area contributed by atoms with Crippen LogP contribution in [0.2, 0.25) is 0 Å². The molecule has 0 saturated carbocycles. The third-order valence-corrected chi connectivity index (χ3v) is 3.72. The normalized spacial score (nSPS) is 21.8. The zero-order valence-electron chi connectivity index (χ0n) is 11.7. The second kappa shape index (κ2) is 5.34. The first-order chi connectivity index (χ1) is 10.1. The summed E-state index contributed by atoms with van der Waals surface area (Å²) >= 11 is 0. The fourth-order valence-corrected chi connectivity index (χ4v) is 2.50. The summed E-state index contributed by atoms with van der Waals surface area (Å²) in [4.78, 5) is 23.6. The van der Waals surface area contributed by atoms with Gasteiger partial charge in [0.05, 0.1) is 11.6 Å². The van der Waals surface area contributed by atoms with Gasteiger partial charge in [-0.15, -0.1) is 0 Å². The minimum absolute atomic E-state index is 0.0436. The number of oxazole rings is 1. The third-order valence-electron chi connectivity index (χ3n) is 3.72. The second-order valence-corrected chi connectivity index (χ2v) is 5.16. The number of amides is 1. The van der Waals surface area contributed by atoms with Crippen LogP contribution >= 0.6 is 0 Å². The highest BCUT2D eigenvalue weighted by Gasteiger charge is 2.29. The number of anilines is 1. The Morgan fingerprint density at radius 2 is 2.29 bits per heavy atom. The Hall–Kier alpha value is -2.12. The van der Waals surface area contributed by atoms with Crippen molar-refractivity contribution in [2.24, 2.45) is 12.8 Å². The second-order valence-electron chi connectivity index (χ2n) is 5.16. The predicted molar refractivity (Wildman–Crippen MR) is 77.0 cm³/mol. The van der Waals surface area contributed by atoms with Gasteiger partial charge in [-0.3, -0.25) is 9.36 Å². The molecule has 21 heavy (non-hydrogen) atoms. The topological polar surface area (TPSA) is 99.5 Å². The van der Waals surface area contributed by atoms with Gasteiger partial charge in [0.15, 0.2) is 5.58 Å². The highest BCUT2D eigenvalue weighted by Crippen LogP contribution is 2.22. The van der Waals surface area contributed by atoms with Crippen molar-refractivity contribution in [3.8, 4) is 0 Å². The number of aryl methyl sites for hydroxylation is 1. The number of hydrogen-bond acceptors (Lipinski definition) is 5. The maximum atomic E-state index is 12.1. The van der Waals surface area contributed by atoms with E-state index in [1.807, 2.05) is 0 Å². The quantitative estimate of drug-likeness (QED) is 0.861. The molecule has 1 fully saturated rings. The van der Waals surface area contributed by atoms with Crippen LogP contribution < -0.4 is 16.8 Å². The van der Waals surface area contributed by atoms with Gasteiger partial charge >= 0.3 is 5.76 Å². The Morgan fingerprint density at radius 3 is 3.00 bits per heavy atom. The lowest BCUT2D eigenvalue weighted by Crippen LogP contribution is -2.29. The van der Waals surface area contributed by atoms with E-state index in [1.165, 1.54) is 4.57 Å². The number of nitrogens with zero attached hydrogens (tertiary/aromatic N) is 1. The standard InChI is InChI=1S/C14H17N3O4/c1-17-10-6-8(2-4-11(10)21-14(17)19)16-13(18)12-5-3-9(7-15)20-12/h2,4,6,9,12H,3,5,7,15H2,1H3,(H,16,18)/t9-,12+/m1/s1. The number of aromatic nitrogens is 1. The lowest BCUT2D eigenvalue weighted by Gasteiger charge is -2.12. The molecule has 1 aromatic heterocycles. The van der Waals surface area contributed by atoms with Crippen LogP contribution in [0.4, 0.5) is 5.69 Å². The smallest absolute Gasteiger partial charge is 0.408 e. The number of nitrogens with two attached hydrogens (primary N) is 1. The first kappa shape index (κ1) is 13.8. The van der Waals surface area contributed by atoms with Crippen LogP contribution in [0.5, 0.6) is 0 Å². The molecule has 2 heterocycles. The SMILES string of the molecule is Cn1c(=O)oc2ccc(NC(=O)[C@@H]3CC[C@H](CN)O3)cc21. The van der Waals surface area contributed by atoms with Gasteiger partial charge in [-0.05, 0) is 31.0 Å². The maximum absolute atomic E-state index is 12.1. The van der Waals surface area contributed by atoms with Crippen LogP contribution in [-0.4, -0.2) is 29.2 Å². The first-order valence-corrected chi connectivity index (χ1v) is 6.84. The number of carbonyl (C=O) groups excluding carboxylic acids is 1. The van der Waals surface area contributed by atoms with E-state index in [4.69, 9.17) is 14.9 Å². The molecule has 1 aliphatic heterocycles. The molecule has 1 amide bonds. The molecule has 2 atom stereocenters. The van der Waals surface area contributed by atoms with Crippen LogP contribution in [0, 0.1) is 0 Å². The number of nitrogens with one attached hydrogen (secondary N) is 1. The predicted octanol–water partition coefficient (Wildman–Crippen LogP) is 0.576. The molecule has 2 aromatic rings. The number of benzene rings is 1. The van der Waals surface area contributed by atoms with E-state index >= 15 is 0 Å². The Balaban J connectivity index is 1.77. The van der Waals surface area contributed by atoms with Crippen LogP contribution in [0.1, 0.15) is 12.8 Å². The summed E-state index contributed by atoms with van der Waals surface area (Å²) < 4.78 is 12.0. The summed E-state index contributed by atoms with van der Waals surface area (Å²) in [6.07, 6.45) is 0.949. The third kappa shape index (κ3) is 2.57. The van der Waals surface area contributed by atoms with Crippen molar-refractivity contribution < 1.29 is 13.9 Å². The van der Waals surface area contributed by atoms with Gasteiger partial charge in [0.25, 0.3) is 5.91 Å². The van der Waals surface area contributed by atoms with Gasteiger partial charge < -0.3 is 20.2 Å². The molecule has 0 bridgehead atoms. The van der Waals surface area contributed by atoms with E-state index in [0.717, 1.165) is 6.42 Å². The fraction of sp³-hybridized carbons (Fsp3) is 0.429. The Kier molecular flexibility index (Phi) is 3.52. The first-order valence-electron chi connectivity index (χ1n) is 6.84. The van der Waals surface area contributed by atoms with E-state index in [1.54, 1.807) is 25.2 Å². The number of hydrogen-bond donors (Lipinski definition) is 2. The van der Waals surface area contributed by atoms with E-state index < -0.39 is 11.9 Å². The number of carbonyl (C=O) groups is 1. The average Bonchev–Trinajstić information content (AvgIpc) is 3.06. The average molecular weight is 291 g/mol. The zero-order chi connectivity index (χ0) is 15.0. The lowest BCUT2D eigenvalue weighted by molar-refractivity contribution is -0.126. The molecular formula is C14H17N3O4. The molecule has 0 radical (unpaired) electrons. The largest absolute Gasteiger partial charge is 0.419 e. The van der Waals surface area contributed by atoms with Crippen molar-refractivity contribution in [1.29, 1.82) is 0 Å². The number of fused-ring (bicyclic) bond motifs is 1. The van der Waals surface area contributed by atoms with Gasteiger partial charge in [0.1, 0.15) is 6.10 Å². The van der Waals surface area contributed by atoms with E-state index in [0.29, 0.717) is 29.8 Å². The summed E-state index contributed by atoms with van der Waals surface area (Å²) in [5, 5.41) is 2.80. The Labute approximate surface area is 120 Å². The molecular weight excluding hydrogens is 274 g/mol. The molecule has 7 heteroatoms. The summed E-state index contributed by atoms with van der Waals surface area (Å²) in [5.74, 6) is -0.628. The molecule has 3 N–H and O–H groups in total. The van der Waals surface area contributed by atoms with Gasteiger partial charge in [0.2, 0.25) is 0 Å². The van der Waals surface area contributed by atoms with Gasteiger partial charge in [0, 0.05) is 19.3 Å². The van der Waals surface area contributed by atoms with Crippen LogP contribution in [0.25, 0.3) is 11.1 Å². The summed E-state index contributed by atoms with van der Waals surface area (Å²) in [7, 11) is 1.62. The molecule has 1 saturated heterocycles. The van der Waals surface area contributed by atoms with Crippen LogP contribution in [-0.2, 0) is 16.6 Å². The number of rotatable bonds is 3. The fourth-order valence-electron chi connectivity index (χ4n) is 2.50. The van der Waals surface area contributed by atoms with E-state index in [9.17, 15) is 9.59 Å². The van der Waals surface area contributed by atoms with Gasteiger partial charge in [-0.2, -0.15) is 0 Å². The molecule has 112 valence electrons. The summed E-state index contributed by atoms with van der Waals surface area (Å²) in [6.45, 7) is 0.423. The van der Waals surface area contributed by atoms with Crippen molar-refractivity contribution in [2.45, 2.75) is 25.0 Å². The van der Waals surface area contributed by atoms with Gasteiger partial charge in [-0.25, -0.2) is 4.79 Å². The van der Waals surface area contributed by atoms with Crippen LogP contribution in [0.15, 0.2) is 27.4 Å². The highest BCUT2D eigenvalue weighted by atomic mass is 16.5. The van der Waals surface area contributed by atoms with E-state index in [-0.39, 0.29) is 12.0 Å². The molecule has 0 spiro atoms. The minimum Gasteiger partial charge on any atom is -0.408 e. The molecule has 1 aliphatic rings. The van der Waals surface area contributed by atoms with Crippen molar-refractivity contribution in [1.82, 2.24) is 4.57 Å².